The van der Waals surface area contributed by atoms with Gasteiger partial charge in [0.05, 0.1) is 4.92 Å². The number of hydrogen-bond acceptors (Lipinski definition) is 4. The molecule has 106 valence electrons. The Morgan fingerprint density at radius 1 is 1.53 bits per heavy atom. The van der Waals surface area contributed by atoms with Crippen LogP contribution in [0.25, 0.3) is 0 Å². The van der Waals surface area contributed by atoms with Crippen LogP contribution in [0.5, 0.6) is 0 Å². The summed E-state index contributed by atoms with van der Waals surface area (Å²) < 4.78 is 0. The normalized spacial score (nSPS) is 12.4. The molecule has 4 nitrogen and oxygen atoms in total. The van der Waals surface area contributed by atoms with Crippen LogP contribution in [0.3, 0.4) is 0 Å². The molecule has 0 spiro atoms. The molecule has 0 radical (unpaired) electrons. The number of hydrogen-bond donors (Lipinski definition) is 1. The monoisotopic (exact) mass is 302 g/mol. The van der Waals surface area contributed by atoms with E-state index >= 15 is 0 Å². The molecule has 6 heteroatoms. The number of thioether (sulfide) groups is 1. The Balaban J connectivity index is 2.56. The van der Waals surface area contributed by atoms with E-state index in [2.05, 4.69) is 19.2 Å². The molecule has 0 heterocycles. The summed E-state index contributed by atoms with van der Waals surface area (Å²) in [4.78, 5) is 10.5. The van der Waals surface area contributed by atoms with Crippen molar-refractivity contribution in [2.75, 3.05) is 11.5 Å². The molecular weight excluding hydrogens is 284 g/mol. The van der Waals surface area contributed by atoms with Crippen molar-refractivity contribution in [3.8, 4) is 0 Å². The van der Waals surface area contributed by atoms with Gasteiger partial charge in [-0.1, -0.05) is 18.5 Å². The van der Waals surface area contributed by atoms with Crippen LogP contribution in [-0.4, -0.2) is 22.5 Å². The van der Waals surface area contributed by atoms with Gasteiger partial charge in [-0.05, 0) is 37.0 Å². The Morgan fingerprint density at radius 3 is 2.89 bits per heavy atom. The first-order chi connectivity index (χ1) is 9.04. The maximum Gasteiger partial charge on any atom is 0.273 e. The van der Waals surface area contributed by atoms with Crippen molar-refractivity contribution in [3.05, 3.63) is 38.9 Å². The summed E-state index contributed by atoms with van der Waals surface area (Å²) in [7, 11) is 0. The highest BCUT2D eigenvalue weighted by Gasteiger charge is 2.14. The minimum Gasteiger partial charge on any atom is -0.310 e. The summed E-state index contributed by atoms with van der Waals surface area (Å²) >= 11 is 7.78. The summed E-state index contributed by atoms with van der Waals surface area (Å²) in [5, 5.41) is 14.7. The fraction of sp³-hybridized carbons (Fsp3) is 0.538. The predicted molar refractivity (Wildman–Crippen MR) is 82.0 cm³/mol. The molecule has 1 aromatic carbocycles. The molecule has 0 saturated heterocycles. The van der Waals surface area contributed by atoms with E-state index in [0.717, 1.165) is 17.9 Å². The molecule has 0 saturated carbocycles. The summed E-state index contributed by atoms with van der Waals surface area (Å²) in [5.74, 6) is 2.22. The SMILES string of the molecule is CCSCCC(C)NCc1cc(Cl)ccc1[N+](=O)[O-]. The van der Waals surface area contributed by atoms with Gasteiger partial charge >= 0.3 is 0 Å². The van der Waals surface area contributed by atoms with E-state index in [1.54, 1.807) is 12.1 Å². The van der Waals surface area contributed by atoms with Crippen LogP contribution in [0.2, 0.25) is 5.02 Å². The van der Waals surface area contributed by atoms with E-state index in [9.17, 15) is 10.1 Å². The van der Waals surface area contributed by atoms with E-state index < -0.39 is 0 Å². The van der Waals surface area contributed by atoms with Crippen molar-refractivity contribution >= 4 is 29.1 Å². The maximum atomic E-state index is 10.9. The lowest BCUT2D eigenvalue weighted by molar-refractivity contribution is -0.385. The van der Waals surface area contributed by atoms with Crippen LogP contribution >= 0.6 is 23.4 Å². The largest absolute Gasteiger partial charge is 0.310 e. The second kappa shape index (κ2) is 8.40. The molecule has 1 N–H and O–H groups in total. The Kier molecular flexibility index (Phi) is 7.20. The minimum absolute atomic E-state index is 0.118. The van der Waals surface area contributed by atoms with E-state index in [4.69, 9.17) is 11.6 Å². The van der Waals surface area contributed by atoms with Crippen LogP contribution < -0.4 is 5.32 Å². The van der Waals surface area contributed by atoms with Gasteiger partial charge < -0.3 is 5.32 Å². The van der Waals surface area contributed by atoms with Crippen molar-refractivity contribution in [2.24, 2.45) is 0 Å². The fourth-order valence-electron chi connectivity index (χ4n) is 1.66. The van der Waals surface area contributed by atoms with E-state index in [1.165, 1.54) is 6.07 Å². The molecule has 0 aliphatic rings. The van der Waals surface area contributed by atoms with Crippen molar-refractivity contribution < 1.29 is 4.92 Å². The summed E-state index contributed by atoms with van der Waals surface area (Å²) in [6, 6.07) is 4.99. The third kappa shape index (κ3) is 5.80. The molecule has 1 aromatic rings. The molecule has 0 aliphatic heterocycles. The number of nitrogens with one attached hydrogen (secondary N) is 1. The molecule has 0 amide bonds. The van der Waals surface area contributed by atoms with Gasteiger partial charge in [0, 0.05) is 29.2 Å². The van der Waals surface area contributed by atoms with Crippen molar-refractivity contribution in [1.82, 2.24) is 5.32 Å². The van der Waals surface area contributed by atoms with Gasteiger partial charge in [0.1, 0.15) is 0 Å². The van der Waals surface area contributed by atoms with Crippen molar-refractivity contribution in [1.29, 1.82) is 0 Å². The minimum atomic E-state index is -0.370. The Hall–Kier alpha value is -0.780. The predicted octanol–water partition coefficient (Wildman–Crippen LogP) is 3.87. The Morgan fingerprint density at radius 2 is 2.26 bits per heavy atom. The number of rotatable bonds is 8. The third-order valence-electron chi connectivity index (χ3n) is 2.78. The topological polar surface area (TPSA) is 55.2 Å². The number of nitrogens with zero attached hydrogens (tertiary/aromatic N) is 1. The average Bonchev–Trinajstić information content (AvgIpc) is 2.36. The average molecular weight is 303 g/mol. The molecule has 0 aromatic heterocycles. The molecule has 1 atom stereocenters. The summed E-state index contributed by atoms with van der Waals surface area (Å²) in [5.41, 5.74) is 0.750. The van der Waals surface area contributed by atoms with Crippen LogP contribution in [0, 0.1) is 10.1 Å². The fourth-order valence-corrected chi connectivity index (χ4v) is 2.67. The Bertz CT molecular complexity index is 429. The lowest BCUT2D eigenvalue weighted by atomic mass is 10.1. The number of benzene rings is 1. The first-order valence-electron chi connectivity index (χ1n) is 6.28. The van der Waals surface area contributed by atoms with Crippen LogP contribution in [-0.2, 0) is 6.54 Å². The molecule has 19 heavy (non-hydrogen) atoms. The number of halogens is 1. The smallest absolute Gasteiger partial charge is 0.273 e. The third-order valence-corrected chi connectivity index (χ3v) is 3.95. The van der Waals surface area contributed by atoms with Crippen LogP contribution in [0.15, 0.2) is 18.2 Å². The first-order valence-corrected chi connectivity index (χ1v) is 7.81. The molecule has 1 rings (SSSR count). The van der Waals surface area contributed by atoms with Gasteiger partial charge in [-0.15, -0.1) is 0 Å². The standard InChI is InChI=1S/C13H19ClN2O2S/c1-3-19-7-6-10(2)15-9-11-8-12(14)4-5-13(11)16(17)18/h4-5,8,10,15H,3,6-7,9H2,1-2H3. The zero-order valence-corrected chi connectivity index (χ0v) is 12.8. The van der Waals surface area contributed by atoms with Crippen molar-refractivity contribution in [3.63, 3.8) is 0 Å². The molecular formula is C13H19ClN2O2S. The zero-order valence-electron chi connectivity index (χ0n) is 11.2. The second-order valence-corrected chi connectivity index (χ2v) is 6.13. The van der Waals surface area contributed by atoms with Gasteiger partial charge in [0.25, 0.3) is 5.69 Å². The van der Waals surface area contributed by atoms with Gasteiger partial charge in [0.15, 0.2) is 0 Å². The van der Waals surface area contributed by atoms with Gasteiger partial charge in [-0.2, -0.15) is 11.8 Å². The number of nitro groups is 1. The summed E-state index contributed by atoms with van der Waals surface area (Å²) in [6.07, 6.45) is 1.05. The highest BCUT2D eigenvalue weighted by Crippen LogP contribution is 2.22. The molecule has 0 fully saturated rings. The van der Waals surface area contributed by atoms with E-state index in [-0.39, 0.29) is 10.6 Å². The lowest BCUT2D eigenvalue weighted by Gasteiger charge is -2.13. The van der Waals surface area contributed by atoms with E-state index in [1.807, 2.05) is 11.8 Å². The van der Waals surface area contributed by atoms with Gasteiger partial charge in [0.2, 0.25) is 0 Å². The zero-order chi connectivity index (χ0) is 14.3. The number of nitro benzene ring substituents is 1. The Labute approximate surface area is 123 Å². The quantitative estimate of drug-likeness (QED) is 0.450. The highest BCUT2D eigenvalue weighted by atomic mass is 35.5. The van der Waals surface area contributed by atoms with Gasteiger partial charge in [-0.25, -0.2) is 0 Å². The van der Waals surface area contributed by atoms with Crippen LogP contribution in [0.4, 0.5) is 5.69 Å². The second-order valence-electron chi connectivity index (χ2n) is 4.30. The highest BCUT2D eigenvalue weighted by molar-refractivity contribution is 7.99. The molecule has 0 aliphatic carbocycles. The van der Waals surface area contributed by atoms with Crippen molar-refractivity contribution in [2.45, 2.75) is 32.9 Å². The lowest BCUT2D eigenvalue weighted by Crippen LogP contribution is -2.26. The molecule has 0 bridgehead atoms. The summed E-state index contributed by atoms with van der Waals surface area (Å²) in [6.45, 7) is 4.69. The van der Waals surface area contributed by atoms with Gasteiger partial charge in [-0.3, -0.25) is 10.1 Å². The van der Waals surface area contributed by atoms with E-state index in [0.29, 0.717) is 23.2 Å². The first kappa shape index (κ1) is 16.3. The van der Waals surface area contributed by atoms with Crippen LogP contribution in [0.1, 0.15) is 25.8 Å². The maximum absolute atomic E-state index is 10.9. The molecule has 1 unspecified atom stereocenters.